The Labute approximate surface area is 131 Å². The van der Waals surface area contributed by atoms with Gasteiger partial charge in [0.15, 0.2) is 5.76 Å². The first kappa shape index (κ1) is 15.0. The molecule has 23 heavy (non-hydrogen) atoms. The van der Waals surface area contributed by atoms with Crippen molar-refractivity contribution in [3.05, 3.63) is 36.3 Å². The highest BCUT2D eigenvalue weighted by atomic mass is 19.1. The number of hydrogen-bond donors (Lipinski definition) is 1. The second-order valence-corrected chi connectivity index (χ2v) is 5.09. The van der Waals surface area contributed by atoms with Crippen LogP contribution in [0.5, 0.6) is 0 Å². The number of carbonyl (C=O) groups is 2. The van der Waals surface area contributed by atoms with Gasteiger partial charge in [-0.3, -0.25) is 9.69 Å². The fourth-order valence-corrected chi connectivity index (χ4v) is 2.32. The van der Waals surface area contributed by atoms with Crippen molar-refractivity contribution >= 4 is 17.7 Å². The van der Waals surface area contributed by atoms with Gasteiger partial charge in [-0.2, -0.15) is 0 Å². The molecule has 2 amide bonds. The van der Waals surface area contributed by atoms with Crippen LogP contribution in [-0.2, 0) is 9.53 Å². The average Bonchev–Trinajstić information content (AvgIpc) is 3.14. The van der Waals surface area contributed by atoms with Gasteiger partial charge in [0.2, 0.25) is 5.91 Å². The van der Waals surface area contributed by atoms with E-state index in [4.69, 9.17) is 9.26 Å². The van der Waals surface area contributed by atoms with Crippen molar-refractivity contribution in [2.75, 3.05) is 18.0 Å². The van der Waals surface area contributed by atoms with Gasteiger partial charge in [0, 0.05) is 13.0 Å². The number of nitrogens with zero attached hydrogens (tertiary/aromatic N) is 2. The van der Waals surface area contributed by atoms with Crippen LogP contribution in [0.1, 0.15) is 6.92 Å². The largest absolute Gasteiger partial charge is 0.442 e. The molecule has 1 fully saturated rings. The number of cyclic esters (lactones) is 1. The number of hydrogen-bond acceptors (Lipinski definition) is 5. The van der Waals surface area contributed by atoms with Crippen molar-refractivity contribution in [3.63, 3.8) is 0 Å². The highest BCUT2D eigenvalue weighted by Crippen LogP contribution is 2.28. The Kier molecular flexibility index (Phi) is 3.96. The molecule has 1 saturated heterocycles. The molecule has 1 unspecified atom stereocenters. The lowest BCUT2D eigenvalue weighted by molar-refractivity contribution is -0.119. The number of benzene rings is 1. The highest BCUT2D eigenvalue weighted by Gasteiger charge is 2.32. The van der Waals surface area contributed by atoms with E-state index in [-0.39, 0.29) is 24.6 Å². The second-order valence-electron chi connectivity index (χ2n) is 5.09. The molecule has 1 aliphatic heterocycles. The van der Waals surface area contributed by atoms with E-state index in [2.05, 4.69) is 10.5 Å². The zero-order valence-electron chi connectivity index (χ0n) is 12.3. The minimum atomic E-state index is -0.577. The van der Waals surface area contributed by atoms with Crippen LogP contribution < -0.4 is 10.2 Å². The van der Waals surface area contributed by atoms with E-state index in [1.165, 1.54) is 30.2 Å². The summed E-state index contributed by atoms with van der Waals surface area (Å²) in [5, 5.41) is 6.12. The summed E-state index contributed by atoms with van der Waals surface area (Å²) < 4.78 is 24.3. The number of anilines is 1. The number of nitrogens with one attached hydrogen (secondary N) is 1. The molecule has 0 radical (unpaired) electrons. The van der Waals surface area contributed by atoms with Crippen molar-refractivity contribution in [3.8, 4) is 11.3 Å². The molecule has 1 atom stereocenters. The van der Waals surface area contributed by atoms with E-state index in [9.17, 15) is 14.0 Å². The number of carbonyl (C=O) groups excluding carboxylic acids is 2. The quantitative estimate of drug-likeness (QED) is 0.931. The summed E-state index contributed by atoms with van der Waals surface area (Å²) in [6.07, 6.45) is 0.378. The van der Waals surface area contributed by atoms with Gasteiger partial charge < -0.3 is 14.6 Å². The lowest BCUT2D eigenvalue weighted by atomic mass is 10.1. The van der Waals surface area contributed by atoms with Crippen molar-refractivity contribution in [2.45, 2.75) is 13.0 Å². The summed E-state index contributed by atoms with van der Waals surface area (Å²) in [4.78, 5) is 24.1. The third-order valence-corrected chi connectivity index (χ3v) is 3.42. The molecule has 7 nitrogen and oxygen atoms in total. The standard InChI is InChI=1S/C15H14FN3O4/c1-9(20)17-7-11-8-19(15(21)22-11)10-2-3-12(13(16)6-10)14-4-5-18-23-14/h2-6,11H,7-8H2,1H3,(H,17,20). The molecular weight excluding hydrogens is 305 g/mol. The fraction of sp³-hybridized carbons (Fsp3) is 0.267. The lowest BCUT2D eigenvalue weighted by Crippen LogP contribution is -2.33. The number of ether oxygens (including phenoxy) is 1. The van der Waals surface area contributed by atoms with E-state index >= 15 is 0 Å². The Morgan fingerprint density at radius 2 is 2.30 bits per heavy atom. The molecule has 0 bridgehead atoms. The normalized spacial score (nSPS) is 17.2. The van der Waals surface area contributed by atoms with Crippen molar-refractivity contribution < 1.29 is 23.2 Å². The van der Waals surface area contributed by atoms with Crippen LogP contribution >= 0.6 is 0 Å². The van der Waals surface area contributed by atoms with E-state index in [0.717, 1.165) is 0 Å². The molecule has 1 aliphatic rings. The van der Waals surface area contributed by atoms with Crippen LogP contribution in [0, 0.1) is 5.82 Å². The molecule has 1 aromatic carbocycles. The third kappa shape index (κ3) is 3.15. The van der Waals surface area contributed by atoms with Crippen LogP contribution in [0.25, 0.3) is 11.3 Å². The topological polar surface area (TPSA) is 84.7 Å². The third-order valence-electron chi connectivity index (χ3n) is 3.42. The molecule has 3 rings (SSSR count). The summed E-state index contributed by atoms with van der Waals surface area (Å²) >= 11 is 0. The molecule has 8 heteroatoms. The summed E-state index contributed by atoms with van der Waals surface area (Å²) in [6.45, 7) is 1.84. The molecule has 1 N–H and O–H groups in total. The second kappa shape index (κ2) is 6.07. The first-order valence-electron chi connectivity index (χ1n) is 6.98. The van der Waals surface area contributed by atoms with Crippen molar-refractivity contribution in [1.82, 2.24) is 10.5 Å². The van der Waals surface area contributed by atoms with Crippen LogP contribution in [0.3, 0.4) is 0 Å². The SMILES string of the molecule is CC(=O)NCC1CN(c2ccc(-c3ccno3)c(F)c2)C(=O)O1. The van der Waals surface area contributed by atoms with Crippen molar-refractivity contribution in [2.24, 2.45) is 0 Å². The zero-order chi connectivity index (χ0) is 16.4. The zero-order valence-corrected chi connectivity index (χ0v) is 12.3. The minimum Gasteiger partial charge on any atom is -0.442 e. The molecule has 0 aliphatic carbocycles. The highest BCUT2D eigenvalue weighted by molar-refractivity contribution is 5.90. The number of rotatable bonds is 4. The predicted molar refractivity (Wildman–Crippen MR) is 78.2 cm³/mol. The van der Waals surface area contributed by atoms with Gasteiger partial charge >= 0.3 is 6.09 Å². The summed E-state index contributed by atoms with van der Waals surface area (Å²) in [5.74, 6) is -0.430. The maximum Gasteiger partial charge on any atom is 0.414 e. The smallest absolute Gasteiger partial charge is 0.414 e. The molecule has 2 heterocycles. The van der Waals surface area contributed by atoms with Crippen LogP contribution in [0.15, 0.2) is 35.0 Å². The van der Waals surface area contributed by atoms with Crippen LogP contribution in [-0.4, -0.2) is 36.4 Å². The number of amides is 2. The summed E-state index contributed by atoms with van der Waals surface area (Å²) in [6, 6.07) is 5.90. The van der Waals surface area contributed by atoms with Crippen LogP contribution in [0.4, 0.5) is 14.9 Å². The summed E-state index contributed by atoms with van der Waals surface area (Å²) in [5.41, 5.74) is 0.634. The van der Waals surface area contributed by atoms with Gasteiger partial charge in [0.05, 0.1) is 30.5 Å². The van der Waals surface area contributed by atoms with Crippen LogP contribution in [0.2, 0.25) is 0 Å². The number of halogens is 1. The molecule has 0 saturated carbocycles. The van der Waals surface area contributed by atoms with Gasteiger partial charge in [0.1, 0.15) is 11.9 Å². The molecular formula is C15H14FN3O4. The summed E-state index contributed by atoms with van der Waals surface area (Å²) in [7, 11) is 0. The maximum atomic E-state index is 14.2. The maximum absolute atomic E-state index is 14.2. The predicted octanol–water partition coefficient (Wildman–Crippen LogP) is 1.94. The van der Waals surface area contributed by atoms with E-state index in [0.29, 0.717) is 11.4 Å². The van der Waals surface area contributed by atoms with Gasteiger partial charge in [-0.05, 0) is 18.2 Å². The monoisotopic (exact) mass is 319 g/mol. The minimum absolute atomic E-state index is 0.207. The van der Waals surface area contributed by atoms with E-state index in [1.807, 2.05) is 0 Å². The molecule has 0 spiro atoms. The molecule has 1 aromatic heterocycles. The fourth-order valence-electron chi connectivity index (χ4n) is 2.32. The Balaban J connectivity index is 1.76. The van der Waals surface area contributed by atoms with E-state index < -0.39 is 18.0 Å². The van der Waals surface area contributed by atoms with Gasteiger partial charge in [-0.1, -0.05) is 5.16 Å². The van der Waals surface area contributed by atoms with Gasteiger partial charge in [-0.15, -0.1) is 0 Å². The van der Waals surface area contributed by atoms with Crippen molar-refractivity contribution in [1.29, 1.82) is 0 Å². The first-order valence-corrected chi connectivity index (χ1v) is 6.98. The number of aromatic nitrogens is 1. The lowest BCUT2D eigenvalue weighted by Gasteiger charge is -2.14. The molecule has 2 aromatic rings. The Bertz CT molecular complexity index is 732. The van der Waals surface area contributed by atoms with Gasteiger partial charge in [-0.25, -0.2) is 9.18 Å². The van der Waals surface area contributed by atoms with Gasteiger partial charge in [0.25, 0.3) is 0 Å². The Morgan fingerprint density at radius 1 is 1.48 bits per heavy atom. The Morgan fingerprint density at radius 3 is 2.96 bits per heavy atom. The van der Waals surface area contributed by atoms with E-state index in [1.54, 1.807) is 12.1 Å². The first-order chi connectivity index (χ1) is 11.0. The molecule has 120 valence electrons. The average molecular weight is 319 g/mol. The Hall–Kier alpha value is -2.90.